The maximum atomic E-state index is 11.7. The van der Waals surface area contributed by atoms with Crippen LogP contribution in [0.4, 0.5) is 0 Å². The summed E-state index contributed by atoms with van der Waals surface area (Å²) in [6, 6.07) is -0.547. The van der Waals surface area contributed by atoms with Crippen molar-refractivity contribution >= 4 is 15.9 Å². The van der Waals surface area contributed by atoms with Crippen LogP contribution in [0.25, 0.3) is 0 Å². The van der Waals surface area contributed by atoms with Gasteiger partial charge in [0, 0.05) is 13.1 Å². The van der Waals surface area contributed by atoms with Crippen LogP contribution >= 0.6 is 0 Å². The standard InChI is InChI=1S/C10H18N2O3S/c1-8(2)7-11-10(13)9-5-4-6-12(9)16(3,14)15/h9H,1,4-7H2,2-3H3,(H,11,13). The van der Waals surface area contributed by atoms with Gasteiger partial charge in [-0.15, -0.1) is 0 Å². The number of sulfonamides is 1. The number of hydrogen-bond acceptors (Lipinski definition) is 3. The third-order valence-corrected chi connectivity index (χ3v) is 3.79. The van der Waals surface area contributed by atoms with Crippen molar-refractivity contribution in [3.63, 3.8) is 0 Å². The molecule has 5 nitrogen and oxygen atoms in total. The summed E-state index contributed by atoms with van der Waals surface area (Å²) >= 11 is 0. The Kier molecular flexibility index (Phi) is 4.09. The topological polar surface area (TPSA) is 66.5 Å². The molecule has 0 aromatic carbocycles. The van der Waals surface area contributed by atoms with E-state index in [2.05, 4.69) is 11.9 Å². The summed E-state index contributed by atoms with van der Waals surface area (Å²) in [5, 5.41) is 2.68. The van der Waals surface area contributed by atoms with E-state index in [9.17, 15) is 13.2 Å². The lowest BCUT2D eigenvalue weighted by Gasteiger charge is -2.21. The molecule has 0 spiro atoms. The van der Waals surface area contributed by atoms with Gasteiger partial charge in [0.2, 0.25) is 15.9 Å². The number of rotatable bonds is 4. The van der Waals surface area contributed by atoms with Gasteiger partial charge in [-0.05, 0) is 19.8 Å². The molecule has 6 heteroatoms. The van der Waals surface area contributed by atoms with Gasteiger partial charge in [0.1, 0.15) is 6.04 Å². The summed E-state index contributed by atoms with van der Waals surface area (Å²) < 4.78 is 24.1. The van der Waals surface area contributed by atoms with Gasteiger partial charge in [-0.3, -0.25) is 4.79 Å². The Balaban J connectivity index is 2.65. The van der Waals surface area contributed by atoms with E-state index in [4.69, 9.17) is 0 Å². The zero-order chi connectivity index (χ0) is 12.3. The molecular formula is C10H18N2O3S. The Labute approximate surface area is 96.6 Å². The summed E-state index contributed by atoms with van der Waals surface area (Å²) in [5.74, 6) is -0.231. The number of amides is 1. The van der Waals surface area contributed by atoms with E-state index in [0.717, 1.165) is 18.2 Å². The Morgan fingerprint density at radius 3 is 2.69 bits per heavy atom. The summed E-state index contributed by atoms with van der Waals surface area (Å²) in [7, 11) is -3.29. The summed E-state index contributed by atoms with van der Waals surface area (Å²) in [6.45, 7) is 6.31. The van der Waals surface area contributed by atoms with Crippen LogP contribution in [0.3, 0.4) is 0 Å². The molecule has 16 heavy (non-hydrogen) atoms. The quantitative estimate of drug-likeness (QED) is 0.716. The van der Waals surface area contributed by atoms with Gasteiger partial charge in [0.25, 0.3) is 0 Å². The molecule has 0 aromatic heterocycles. The summed E-state index contributed by atoms with van der Waals surface area (Å²) in [4.78, 5) is 11.7. The molecule has 0 bridgehead atoms. The van der Waals surface area contributed by atoms with E-state index in [-0.39, 0.29) is 5.91 Å². The molecule has 1 fully saturated rings. The van der Waals surface area contributed by atoms with Gasteiger partial charge >= 0.3 is 0 Å². The van der Waals surface area contributed by atoms with E-state index < -0.39 is 16.1 Å². The van der Waals surface area contributed by atoms with Gasteiger partial charge < -0.3 is 5.32 Å². The van der Waals surface area contributed by atoms with Crippen molar-refractivity contribution in [1.82, 2.24) is 9.62 Å². The van der Waals surface area contributed by atoms with Crippen LogP contribution in [-0.4, -0.2) is 44.0 Å². The largest absolute Gasteiger partial charge is 0.351 e. The minimum Gasteiger partial charge on any atom is -0.351 e. The third-order valence-electron chi connectivity index (χ3n) is 2.50. The van der Waals surface area contributed by atoms with Crippen molar-refractivity contribution in [2.45, 2.75) is 25.8 Å². The Morgan fingerprint density at radius 1 is 1.56 bits per heavy atom. The Bertz CT molecular complexity index is 389. The van der Waals surface area contributed by atoms with Crippen molar-refractivity contribution in [2.75, 3.05) is 19.3 Å². The first-order valence-corrected chi connectivity index (χ1v) is 7.06. The first kappa shape index (κ1) is 13.2. The second-order valence-electron chi connectivity index (χ2n) is 4.21. The molecule has 0 radical (unpaired) electrons. The Morgan fingerprint density at radius 2 is 2.19 bits per heavy atom. The molecule has 0 aromatic rings. The molecule has 1 heterocycles. The Hall–Kier alpha value is -0.880. The monoisotopic (exact) mass is 246 g/mol. The molecule has 0 saturated carbocycles. The highest BCUT2D eigenvalue weighted by Crippen LogP contribution is 2.20. The van der Waals surface area contributed by atoms with Crippen LogP contribution in [0.2, 0.25) is 0 Å². The SMILES string of the molecule is C=C(C)CNC(=O)C1CCCN1S(C)(=O)=O. The van der Waals surface area contributed by atoms with Crippen LogP contribution < -0.4 is 5.32 Å². The molecule has 1 unspecified atom stereocenters. The van der Waals surface area contributed by atoms with E-state index in [1.165, 1.54) is 4.31 Å². The fraction of sp³-hybridized carbons (Fsp3) is 0.700. The molecule has 1 aliphatic rings. The fourth-order valence-corrected chi connectivity index (χ4v) is 2.88. The average molecular weight is 246 g/mol. The van der Waals surface area contributed by atoms with Crippen molar-refractivity contribution in [1.29, 1.82) is 0 Å². The lowest BCUT2D eigenvalue weighted by molar-refractivity contribution is -0.124. The van der Waals surface area contributed by atoms with Gasteiger partial charge in [0.05, 0.1) is 6.26 Å². The highest BCUT2D eigenvalue weighted by atomic mass is 32.2. The highest BCUT2D eigenvalue weighted by Gasteiger charge is 2.36. The van der Waals surface area contributed by atoms with Gasteiger partial charge in [-0.25, -0.2) is 8.42 Å². The van der Waals surface area contributed by atoms with E-state index in [1.807, 2.05) is 6.92 Å². The van der Waals surface area contributed by atoms with E-state index >= 15 is 0 Å². The highest BCUT2D eigenvalue weighted by molar-refractivity contribution is 7.88. The van der Waals surface area contributed by atoms with Crippen LogP contribution in [0.5, 0.6) is 0 Å². The molecule has 1 saturated heterocycles. The summed E-state index contributed by atoms with van der Waals surface area (Å²) in [5.41, 5.74) is 0.845. The number of hydrogen-bond donors (Lipinski definition) is 1. The third kappa shape index (κ3) is 3.31. The predicted octanol–water partition coefficient (Wildman–Crippen LogP) is 0.103. The molecule has 1 rings (SSSR count). The van der Waals surface area contributed by atoms with Gasteiger partial charge in [-0.1, -0.05) is 12.2 Å². The minimum atomic E-state index is -3.29. The minimum absolute atomic E-state index is 0.231. The van der Waals surface area contributed by atoms with Crippen molar-refractivity contribution in [2.24, 2.45) is 0 Å². The fourth-order valence-electron chi connectivity index (χ4n) is 1.75. The maximum Gasteiger partial charge on any atom is 0.238 e. The normalized spacial score (nSPS) is 22.0. The van der Waals surface area contributed by atoms with Crippen LogP contribution in [0.15, 0.2) is 12.2 Å². The van der Waals surface area contributed by atoms with Crippen molar-refractivity contribution in [3.8, 4) is 0 Å². The molecule has 1 N–H and O–H groups in total. The average Bonchev–Trinajstić information content (AvgIpc) is 2.61. The lowest BCUT2D eigenvalue weighted by atomic mass is 10.2. The van der Waals surface area contributed by atoms with Crippen LogP contribution in [-0.2, 0) is 14.8 Å². The summed E-state index contributed by atoms with van der Waals surface area (Å²) in [6.07, 6.45) is 2.46. The number of nitrogens with one attached hydrogen (secondary N) is 1. The molecule has 1 atom stereocenters. The van der Waals surface area contributed by atoms with Crippen LogP contribution in [0, 0.1) is 0 Å². The van der Waals surface area contributed by atoms with Crippen LogP contribution in [0.1, 0.15) is 19.8 Å². The first-order chi connectivity index (χ1) is 7.32. The number of carbonyl (C=O) groups is 1. The van der Waals surface area contributed by atoms with E-state index in [0.29, 0.717) is 19.5 Å². The molecule has 1 aliphatic heterocycles. The molecule has 92 valence electrons. The smallest absolute Gasteiger partial charge is 0.238 e. The number of nitrogens with zero attached hydrogens (tertiary/aromatic N) is 1. The zero-order valence-electron chi connectivity index (χ0n) is 9.69. The second-order valence-corrected chi connectivity index (χ2v) is 6.14. The first-order valence-electron chi connectivity index (χ1n) is 5.21. The zero-order valence-corrected chi connectivity index (χ0v) is 10.5. The second kappa shape index (κ2) is 4.97. The van der Waals surface area contributed by atoms with Crippen molar-refractivity contribution in [3.05, 3.63) is 12.2 Å². The lowest BCUT2D eigenvalue weighted by Crippen LogP contribution is -2.45. The molecular weight excluding hydrogens is 228 g/mol. The van der Waals surface area contributed by atoms with Gasteiger partial charge in [-0.2, -0.15) is 4.31 Å². The van der Waals surface area contributed by atoms with Gasteiger partial charge in [0.15, 0.2) is 0 Å². The van der Waals surface area contributed by atoms with Crippen molar-refractivity contribution < 1.29 is 13.2 Å². The molecule has 1 amide bonds. The maximum absolute atomic E-state index is 11.7. The predicted molar refractivity (Wildman–Crippen MR) is 62.4 cm³/mol. The number of carbonyl (C=O) groups excluding carboxylic acids is 1. The molecule has 0 aliphatic carbocycles. The van der Waals surface area contributed by atoms with E-state index in [1.54, 1.807) is 0 Å².